The standard InChI is InChI=1S/C19H20O6/c1-21-17-8-12(9-18(22-2)19(17)23-3)4-6-14(20)13-5-7-15-16(10-13)25-11-24-15/h4-10,14,20H,11H2,1-3H3/b6-4+. The molecule has 0 radical (unpaired) electrons. The van der Waals surface area contributed by atoms with E-state index in [1.807, 2.05) is 12.1 Å². The van der Waals surface area contributed by atoms with Crippen LogP contribution < -0.4 is 23.7 Å². The van der Waals surface area contributed by atoms with Gasteiger partial charge in [0.05, 0.1) is 27.4 Å². The van der Waals surface area contributed by atoms with Crippen molar-refractivity contribution < 1.29 is 28.8 Å². The molecule has 1 unspecified atom stereocenters. The molecule has 0 bridgehead atoms. The minimum Gasteiger partial charge on any atom is -0.493 e. The number of hydrogen-bond donors (Lipinski definition) is 1. The molecule has 0 aliphatic carbocycles. The van der Waals surface area contributed by atoms with E-state index in [-0.39, 0.29) is 6.79 Å². The first-order valence-electron chi connectivity index (χ1n) is 7.72. The molecule has 1 aliphatic rings. The van der Waals surface area contributed by atoms with E-state index in [0.717, 1.165) is 5.56 Å². The SMILES string of the molecule is COc1cc(/C=C/C(O)c2ccc3c(c2)OCO3)cc(OC)c1OC. The second kappa shape index (κ2) is 7.36. The highest BCUT2D eigenvalue weighted by molar-refractivity contribution is 5.62. The Kier molecular flexibility index (Phi) is 5.00. The third-order valence-electron chi connectivity index (χ3n) is 3.90. The predicted octanol–water partition coefficient (Wildman–Crippen LogP) is 3.19. The molecule has 132 valence electrons. The first kappa shape index (κ1) is 17.0. The van der Waals surface area contributed by atoms with Gasteiger partial charge in [0.25, 0.3) is 0 Å². The minimum atomic E-state index is -0.784. The normalized spacial score (nSPS) is 13.8. The van der Waals surface area contributed by atoms with E-state index in [0.29, 0.717) is 34.3 Å². The Morgan fingerprint density at radius 3 is 2.28 bits per heavy atom. The highest BCUT2D eigenvalue weighted by atomic mass is 16.7. The van der Waals surface area contributed by atoms with Crippen LogP contribution in [0.2, 0.25) is 0 Å². The lowest BCUT2D eigenvalue weighted by Crippen LogP contribution is -1.96. The number of methoxy groups -OCH3 is 3. The number of rotatable bonds is 6. The minimum absolute atomic E-state index is 0.205. The van der Waals surface area contributed by atoms with Gasteiger partial charge < -0.3 is 28.8 Å². The van der Waals surface area contributed by atoms with Crippen LogP contribution >= 0.6 is 0 Å². The quantitative estimate of drug-likeness (QED) is 0.868. The lowest BCUT2D eigenvalue weighted by Gasteiger charge is -2.13. The van der Waals surface area contributed by atoms with Crippen LogP contribution in [0.3, 0.4) is 0 Å². The molecular formula is C19H20O6. The summed E-state index contributed by atoms with van der Waals surface area (Å²) < 4.78 is 26.6. The van der Waals surface area contributed by atoms with Crippen molar-refractivity contribution in [2.45, 2.75) is 6.10 Å². The molecule has 2 aromatic rings. The third-order valence-corrected chi connectivity index (χ3v) is 3.90. The van der Waals surface area contributed by atoms with E-state index in [4.69, 9.17) is 23.7 Å². The van der Waals surface area contributed by atoms with Crippen molar-refractivity contribution in [1.82, 2.24) is 0 Å². The number of fused-ring (bicyclic) bond motifs is 1. The molecule has 6 heteroatoms. The maximum Gasteiger partial charge on any atom is 0.231 e. The molecular weight excluding hydrogens is 324 g/mol. The smallest absolute Gasteiger partial charge is 0.231 e. The summed E-state index contributed by atoms with van der Waals surface area (Å²) in [6, 6.07) is 8.98. The topological polar surface area (TPSA) is 66.4 Å². The zero-order valence-electron chi connectivity index (χ0n) is 14.3. The van der Waals surface area contributed by atoms with Gasteiger partial charge in [-0.3, -0.25) is 0 Å². The van der Waals surface area contributed by atoms with Crippen LogP contribution in [0.1, 0.15) is 17.2 Å². The van der Waals surface area contributed by atoms with Crippen molar-refractivity contribution in [3.63, 3.8) is 0 Å². The fourth-order valence-corrected chi connectivity index (χ4v) is 2.61. The summed E-state index contributed by atoms with van der Waals surface area (Å²) in [6.45, 7) is 0.205. The molecule has 0 saturated carbocycles. The van der Waals surface area contributed by atoms with Crippen LogP contribution in [0.4, 0.5) is 0 Å². The van der Waals surface area contributed by atoms with E-state index >= 15 is 0 Å². The molecule has 3 rings (SSSR count). The Hall–Kier alpha value is -2.86. The first-order chi connectivity index (χ1) is 12.2. The van der Waals surface area contributed by atoms with Crippen molar-refractivity contribution in [3.05, 3.63) is 47.5 Å². The van der Waals surface area contributed by atoms with Gasteiger partial charge in [-0.2, -0.15) is 0 Å². The first-order valence-corrected chi connectivity index (χ1v) is 7.72. The molecule has 1 heterocycles. The summed E-state index contributed by atoms with van der Waals surface area (Å²) in [5, 5.41) is 10.4. The Morgan fingerprint density at radius 1 is 0.960 bits per heavy atom. The molecule has 2 aromatic carbocycles. The van der Waals surface area contributed by atoms with Crippen LogP contribution in [0.15, 0.2) is 36.4 Å². The molecule has 25 heavy (non-hydrogen) atoms. The van der Waals surface area contributed by atoms with Gasteiger partial charge in [0, 0.05) is 0 Å². The summed E-state index contributed by atoms with van der Waals surface area (Å²) in [5.74, 6) is 2.96. The van der Waals surface area contributed by atoms with Gasteiger partial charge in [0.15, 0.2) is 23.0 Å². The van der Waals surface area contributed by atoms with E-state index in [2.05, 4.69) is 0 Å². The molecule has 0 saturated heterocycles. The van der Waals surface area contributed by atoms with Gasteiger partial charge in [-0.1, -0.05) is 18.2 Å². The number of hydrogen-bond acceptors (Lipinski definition) is 6. The highest BCUT2D eigenvalue weighted by Crippen LogP contribution is 2.39. The van der Waals surface area contributed by atoms with Crippen molar-refractivity contribution >= 4 is 6.08 Å². The largest absolute Gasteiger partial charge is 0.493 e. The van der Waals surface area contributed by atoms with Crippen LogP contribution in [0, 0.1) is 0 Å². The van der Waals surface area contributed by atoms with Gasteiger partial charge in [0.1, 0.15) is 0 Å². The van der Waals surface area contributed by atoms with Gasteiger partial charge in [-0.25, -0.2) is 0 Å². The summed E-state index contributed by atoms with van der Waals surface area (Å²) in [6.07, 6.45) is 2.69. The second-order valence-corrected chi connectivity index (χ2v) is 5.38. The fourth-order valence-electron chi connectivity index (χ4n) is 2.61. The van der Waals surface area contributed by atoms with Crippen molar-refractivity contribution in [2.75, 3.05) is 28.1 Å². The van der Waals surface area contributed by atoms with Gasteiger partial charge in [-0.15, -0.1) is 0 Å². The van der Waals surface area contributed by atoms with E-state index in [9.17, 15) is 5.11 Å². The third kappa shape index (κ3) is 3.49. The molecule has 6 nitrogen and oxygen atoms in total. The number of aliphatic hydroxyl groups is 1. The molecule has 0 fully saturated rings. The summed E-state index contributed by atoms with van der Waals surface area (Å²) in [5.41, 5.74) is 1.53. The van der Waals surface area contributed by atoms with E-state index in [1.54, 1.807) is 51.7 Å². The predicted molar refractivity (Wildman–Crippen MR) is 92.7 cm³/mol. The van der Waals surface area contributed by atoms with Gasteiger partial charge in [-0.05, 0) is 35.4 Å². The Labute approximate surface area is 146 Å². The van der Waals surface area contributed by atoms with Crippen LogP contribution in [0.25, 0.3) is 6.08 Å². The Balaban J connectivity index is 1.83. The second-order valence-electron chi connectivity index (χ2n) is 5.38. The van der Waals surface area contributed by atoms with Gasteiger partial charge in [0.2, 0.25) is 12.5 Å². The van der Waals surface area contributed by atoms with Crippen LogP contribution in [-0.2, 0) is 0 Å². The van der Waals surface area contributed by atoms with Crippen LogP contribution in [0.5, 0.6) is 28.7 Å². The summed E-state index contributed by atoms with van der Waals surface area (Å²) in [4.78, 5) is 0. The number of ether oxygens (including phenoxy) is 5. The van der Waals surface area contributed by atoms with E-state index in [1.165, 1.54) is 0 Å². The zero-order valence-corrected chi connectivity index (χ0v) is 14.3. The molecule has 0 amide bonds. The monoisotopic (exact) mass is 344 g/mol. The van der Waals surface area contributed by atoms with Gasteiger partial charge >= 0.3 is 0 Å². The maximum atomic E-state index is 10.4. The van der Waals surface area contributed by atoms with E-state index < -0.39 is 6.10 Å². The molecule has 1 N–H and O–H groups in total. The molecule has 0 aromatic heterocycles. The summed E-state index contributed by atoms with van der Waals surface area (Å²) in [7, 11) is 4.68. The lowest BCUT2D eigenvalue weighted by molar-refractivity contribution is 0.173. The number of aliphatic hydroxyl groups excluding tert-OH is 1. The highest BCUT2D eigenvalue weighted by Gasteiger charge is 2.16. The molecule has 0 spiro atoms. The number of benzene rings is 2. The maximum absolute atomic E-state index is 10.4. The Bertz CT molecular complexity index is 758. The van der Waals surface area contributed by atoms with Crippen molar-refractivity contribution in [2.24, 2.45) is 0 Å². The average Bonchev–Trinajstić information content (AvgIpc) is 3.12. The fraction of sp³-hybridized carbons (Fsp3) is 0.263. The Morgan fingerprint density at radius 2 is 1.64 bits per heavy atom. The lowest BCUT2D eigenvalue weighted by atomic mass is 10.1. The van der Waals surface area contributed by atoms with Crippen molar-refractivity contribution in [3.8, 4) is 28.7 Å². The zero-order chi connectivity index (χ0) is 17.8. The van der Waals surface area contributed by atoms with Crippen LogP contribution in [-0.4, -0.2) is 33.2 Å². The molecule has 1 atom stereocenters. The molecule has 1 aliphatic heterocycles. The average molecular weight is 344 g/mol. The summed E-state index contributed by atoms with van der Waals surface area (Å²) >= 11 is 0. The van der Waals surface area contributed by atoms with Crippen molar-refractivity contribution in [1.29, 1.82) is 0 Å².